The fraction of sp³-hybridized carbons (Fsp3) is 0.333. The minimum atomic E-state index is 0.0899. The highest BCUT2D eigenvalue weighted by Gasteiger charge is 2.23. The molecule has 0 saturated heterocycles. The van der Waals surface area contributed by atoms with Gasteiger partial charge in [-0.3, -0.25) is 0 Å². The fourth-order valence-electron chi connectivity index (χ4n) is 2.20. The second kappa shape index (κ2) is 3.46. The molecule has 1 aliphatic carbocycles. The highest BCUT2D eigenvalue weighted by Crippen LogP contribution is 2.36. The zero-order valence-corrected chi connectivity index (χ0v) is 8.16. The van der Waals surface area contributed by atoms with E-state index >= 15 is 0 Å². The topological polar surface area (TPSA) is 46.2 Å². The molecule has 0 saturated carbocycles. The number of phenols is 1. The molecule has 0 amide bonds. The molecule has 0 heterocycles. The molecule has 1 aromatic rings. The van der Waals surface area contributed by atoms with E-state index in [2.05, 4.69) is 6.58 Å². The van der Waals surface area contributed by atoms with Crippen LogP contribution in [0.5, 0.6) is 5.75 Å². The Labute approximate surface area is 84.1 Å². The van der Waals surface area contributed by atoms with Gasteiger partial charge in [-0.1, -0.05) is 12.1 Å². The maximum absolute atomic E-state index is 9.72. The van der Waals surface area contributed by atoms with Gasteiger partial charge in [-0.05, 0) is 36.5 Å². The highest BCUT2D eigenvalue weighted by atomic mass is 16.3. The molecule has 2 rings (SSSR count). The van der Waals surface area contributed by atoms with Gasteiger partial charge in [0.15, 0.2) is 0 Å². The molecule has 0 spiro atoms. The smallest absolute Gasteiger partial charge is 0.119 e. The molecule has 0 aliphatic heterocycles. The van der Waals surface area contributed by atoms with Gasteiger partial charge in [0, 0.05) is 11.6 Å². The van der Waals surface area contributed by atoms with Gasteiger partial charge < -0.3 is 10.8 Å². The summed E-state index contributed by atoms with van der Waals surface area (Å²) in [5.41, 5.74) is 9.39. The second-order valence-corrected chi connectivity index (χ2v) is 3.77. The Kier molecular flexibility index (Phi) is 2.30. The van der Waals surface area contributed by atoms with Crippen molar-refractivity contribution >= 4 is 0 Å². The molecular weight excluding hydrogens is 174 g/mol. The van der Waals surface area contributed by atoms with E-state index in [4.69, 9.17) is 5.73 Å². The summed E-state index contributed by atoms with van der Waals surface area (Å²) in [6.07, 6.45) is 4.52. The molecule has 1 aromatic carbocycles. The Hall–Kier alpha value is -1.28. The Balaban J connectivity index is 2.55. The first-order chi connectivity index (χ1) is 6.74. The van der Waals surface area contributed by atoms with Crippen LogP contribution >= 0.6 is 0 Å². The van der Waals surface area contributed by atoms with E-state index in [-0.39, 0.29) is 6.04 Å². The third kappa shape index (κ3) is 1.32. The van der Waals surface area contributed by atoms with Crippen LogP contribution in [0.3, 0.4) is 0 Å². The molecule has 0 fully saturated rings. The van der Waals surface area contributed by atoms with Crippen LogP contribution in [-0.4, -0.2) is 5.11 Å². The second-order valence-electron chi connectivity index (χ2n) is 3.77. The molecular formula is C12H15NO. The van der Waals surface area contributed by atoms with E-state index in [1.165, 1.54) is 5.56 Å². The number of rotatable bonds is 2. The van der Waals surface area contributed by atoms with E-state index in [0.717, 1.165) is 24.0 Å². The van der Waals surface area contributed by atoms with E-state index in [1.807, 2.05) is 6.07 Å². The minimum Gasteiger partial charge on any atom is -0.508 e. The number of benzene rings is 1. The quantitative estimate of drug-likeness (QED) is 0.699. The summed E-state index contributed by atoms with van der Waals surface area (Å²) in [5.74, 6) is 0.348. The van der Waals surface area contributed by atoms with Crippen molar-refractivity contribution in [3.63, 3.8) is 0 Å². The summed E-state index contributed by atoms with van der Waals surface area (Å²) in [6.45, 7) is 3.70. The van der Waals surface area contributed by atoms with Crippen molar-refractivity contribution < 1.29 is 5.11 Å². The summed E-state index contributed by atoms with van der Waals surface area (Å²) in [4.78, 5) is 0. The number of phenolic OH excluding ortho intramolecular Hbond substituents is 1. The average Bonchev–Trinajstić information content (AvgIpc) is 2.53. The third-order valence-corrected chi connectivity index (χ3v) is 2.87. The molecule has 0 radical (unpaired) electrons. The maximum atomic E-state index is 9.72. The van der Waals surface area contributed by atoms with Crippen molar-refractivity contribution in [2.45, 2.75) is 25.3 Å². The van der Waals surface area contributed by atoms with Gasteiger partial charge in [-0.25, -0.2) is 0 Å². The normalized spacial score (nSPS) is 19.4. The van der Waals surface area contributed by atoms with Crippen molar-refractivity contribution in [3.05, 3.63) is 41.5 Å². The van der Waals surface area contributed by atoms with Crippen molar-refractivity contribution in [1.29, 1.82) is 0 Å². The predicted molar refractivity (Wildman–Crippen MR) is 57.3 cm³/mol. The van der Waals surface area contributed by atoms with Crippen molar-refractivity contribution in [2.75, 3.05) is 0 Å². The number of aryl methyl sites for hydroxylation is 1. The van der Waals surface area contributed by atoms with Gasteiger partial charge in [0.25, 0.3) is 0 Å². The van der Waals surface area contributed by atoms with Crippen LogP contribution in [0, 0.1) is 0 Å². The minimum absolute atomic E-state index is 0.0899. The van der Waals surface area contributed by atoms with E-state index in [1.54, 1.807) is 12.1 Å². The van der Waals surface area contributed by atoms with Crippen molar-refractivity contribution in [3.8, 4) is 5.75 Å². The molecule has 0 bridgehead atoms. The lowest BCUT2D eigenvalue weighted by molar-refractivity contribution is 0.468. The van der Waals surface area contributed by atoms with E-state index in [9.17, 15) is 5.11 Å². The van der Waals surface area contributed by atoms with Gasteiger partial charge in [-0.2, -0.15) is 0 Å². The first-order valence-electron chi connectivity index (χ1n) is 4.94. The molecule has 0 unspecified atom stereocenters. The third-order valence-electron chi connectivity index (χ3n) is 2.87. The maximum Gasteiger partial charge on any atom is 0.119 e. The van der Waals surface area contributed by atoms with E-state index in [0.29, 0.717) is 12.2 Å². The Morgan fingerprint density at radius 1 is 1.57 bits per heavy atom. The van der Waals surface area contributed by atoms with Crippen LogP contribution in [-0.2, 0) is 12.8 Å². The lowest BCUT2D eigenvalue weighted by Gasteiger charge is -2.12. The molecule has 1 atom stereocenters. The number of fused-ring (bicyclic) bond motifs is 1. The monoisotopic (exact) mass is 189 g/mol. The first kappa shape index (κ1) is 9.28. The van der Waals surface area contributed by atoms with Gasteiger partial charge >= 0.3 is 0 Å². The summed E-state index contributed by atoms with van der Waals surface area (Å²) in [7, 11) is 0. The molecule has 74 valence electrons. The lowest BCUT2D eigenvalue weighted by atomic mass is 9.98. The van der Waals surface area contributed by atoms with E-state index < -0.39 is 0 Å². The molecule has 0 aromatic heterocycles. The highest BCUT2D eigenvalue weighted by molar-refractivity contribution is 5.49. The summed E-state index contributed by atoms with van der Waals surface area (Å²) < 4.78 is 0. The Morgan fingerprint density at radius 3 is 3.07 bits per heavy atom. The van der Waals surface area contributed by atoms with Gasteiger partial charge in [0.2, 0.25) is 0 Å². The lowest BCUT2D eigenvalue weighted by Crippen LogP contribution is -2.08. The number of aromatic hydroxyl groups is 1. The average molecular weight is 189 g/mol. The zero-order valence-electron chi connectivity index (χ0n) is 8.16. The summed E-state index contributed by atoms with van der Waals surface area (Å²) in [5, 5.41) is 9.72. The Bertz CT molecular complexity index is 371. The van der Waals surface area contributed by atoms with Crippen LogP contribution in [0.25, 0.3) is 0 Å². The van der Waals surface area contributed by atoms with Crippen LogP contribution in [0.4, 0.5) is 0 Å². The van der Waals surface area contributed by atoms with Crippen LogP contribution in [0.15, 0.2) is 24.8 Å². The largest absolute Gasteiger partial charge is 0.508 e. The number of hydrogen-bond donors (Lipinski definition) is 2. The molecule has 1 aliphatic rings. The summed E-state index contributed by atoms with van der Waals surface area (Å²) >= 11 is 0. The van der Waals surface area contributed by atoms with Crippen molar-refractivity contribution in [1.82, 2.24) is 0 Å². The van der Waals surface area contributed by atoms with Gasteiger partial charge in [-0.15, -0.1) is 6.58 Å². The number of allylic oxidation sites excluding steroid dienone is 1. The van der Waals surface area contributed by atoms with Gasteiger partial charge in [0.05, 0.1) is 0 Å². The molecule has 3 N–H and O–H groups in total. The molecule has 2 heteroatoms. The van der Waals surface area contributed by atoms with Crippen molar-refractivity contribution in [2.24, 2.45) is 5.73 Å². The summed E-state index contributed by atoms with van der Waals surface area (Å²) in [6, 6.07) is 3.83. The van der Waals surface area contributed by atoms with Crippen LogP contribution in [0.1, 0.15) is 29.2 Å². The van der Waals surface area contributed by atoms with Crippen LogP contribution < -0.4 is 5.73 Å². The van der Waals surface area contributed by atoms with Gasteiger partial charge in [0.1, 0.15) is 5.75 Å². The molecule has 14 heavy (non-hydrogen) atoms. The zero-order chi connectivity index (χ0) is 10.1. The fourth-order valence-corrected chi connectivity index (χ4v) is 2.20. The Morgan fingerprint density at radius 2 is 2.36 bits per heavy atom. The predicted octanol–water partition coefficient (Wildman–Crippen LogP) is 2.07. The molecule has 2 nitrogen and oxygen atoms in total. The first-order valence-corrected chi connectivity index (χ1v) is 4.94. The SMILES string of the molecule is C=CCc1c(O)ccc2c1[C@@H](N)CC2. The van der Waals surface area contributed by atoms with Crippen LogP contribution in [0.2, 0.25) is 0 Å². The number of nitrogens with two attached hydrogens (primary N) is 1. The number of hydrogen-bond acceptors (Lipinski definition) is 2. The standard InChI is InChI=1S/C12H15NO/c1-2-3-9-11(14)7-5-8-4-6-10(13)12(8)9/h2,5,7,10,14H,1,3-4,6,13H2/t10-/m0/s1.